The van der Waals surface area contributed by atoms with Gasteiger partial charge in [0.15, 0.2) is 5.71 Å². The van der Waals surface area contributed by atoms with Crippen LogP contribution in [0.2, 0.25) is 0 Å². The molecule has 0 spiro atoms. The van der Waals surface area contributed by atoms with Gasteiger partial charge in [0.05, 0.1) is 11.3 Å². The third-order valence-corrected chi connectivity index (χ3v) is 5.85. The lowest BCUT2D eigenvalue weighted by Gasteiger charge is -2.42. The highest BCUT2D eigenvalue weighted by molar-refractivity contribution is 6.49. The van der Waals surface area contributed by atoms with E-state index >= 15 is 0 Å². The van der Waals surface area contributed by atoms with Crippen molar-refractivity contribution < 1.29 is 19.9 Å². The number of anilines is 1. The van der Waals surface area contributed by atoms with Gasteiger partial charge in [-0.05, 0) is 53.0 Å². The number of benzene rings is 2. The number of oxime groups is 1. The van der Waals surface area contributed by atoms with E-state index in [-0.39, 0.29) is 27.8 Å². The second-order valence-electron chi connectivity index (χ2n) is 8.78. The molecule has 0 unspecified atom stereocenters. The average molecular weight is 394 g/mol. The summed E-state index contributed by atoms with van der Waals surface area (Å²) < 4.78 is 0. The number of carboxylic acids is 1. The highest BCUT2D eigenvalue weighted by atomic mass is 16.4. The van der Waals surface area contributed by atoms with E-state index in [1.807, 2.05) is 12.1 Å². The zero-order valence-electron chi connectivity index (χ0n) is 17.1. The molecular weight excluding hydrogens is 368 g/mol. The van der Waals surface area contributed by atoms with Gasteiger partial charge in [0.1, 0.15) is 0 Å². The Labute approximate surface area is 170 Å². The van der Waals surface area contributed by atoms with Crippen LogP contribution in [0.25, 0.3) is 0 Å². The van der Waals surface area contributed by atoms with Crippen molar-refractivity contribution in [2.75, 3.05) is 5.32 Å². The summed E-state index contributed by atoms with van der Waals surface area (Å²) in [7, 11) is 0. The summed E-state index contributed by atoms with van der Waals surface area (Å²) in [5.74, 6) is -1.82. The summed E-state index contributed by atoms with van der Waals surface area (Å²) in [5.41, 5.74) is 2.76. The molecule has 1 amide bonds. The van der Waals surface area contributed by atoms with Crippen molar-refractivity contribution in [3.05, 3.63) is 64.7 Å². The van der Waals surface area contributed by atoms with Gasteiger partial charge in [-0.3, -0.25) is 4.79 Å². The topological polar surface area (TPSA) is 99.0 Å². The maximum atomic E-state index is 12.8. The van der Waals surface area contributed by atoms with Crippen molar-refractivity contribution in [3.8, 4) is 0 Å². The van der Waals surface area contributed by atoms with E-state index in [0.717, 1.165) is 18.4 Å². The monoisotopic (exact) mass is 394 g/mol. The van der Waals surface area contributed by atoms with Crippen molar-refractivity contribution in [2.24, 2.45) is 5.16 Å². The Kier molecular flexibility index (Phi) is 5.22. The Bertz CT molecular complexity index is 1010. The third kappa shape index (κ3) is 3.88. The summed E-state index contributed by atoms with van der Waals surface area (Å²) in [4.78, 5) is 24.2. The van der Waals surface area contributed by atoms with Gasteiger partial charge in [-0.15, -0.1) is 0 Å². The quantitative estimate of drug-likeness (QED) is 0.402. The van der Waals surface area contributed by atoms with E-state index in [1.54, 1.807) is 18.2 Å². The van der Waals surface area contributed by atoms with Crippen LogP contribution < -0.4 is 5.32 Å². The van der Waals surface area contributed by atoms with Gasteiger partial charge in [0, 0.05) is 5.56 Å². The maximum absolute atomic E-state index is 12.8. The second kappa shape index (κ2) is 7.35. The zero-order valence-corrected chi connectivity index (χ0v) is 17.1. The molecule has 0 aromatic heterocycles. The maximum Gasteiger partial charge on any atom is 0.337 e. The highest BCUT2D eigenvalue weighted by Gasteiger charge is 2.37. The lowest BCUT2D eigenvalue weighted by atomic mass is 9.63. The molecule has 0 aliphatic heterocycles. The van der Waals surface area contributed by atoms with Gasteiger partial charge in [-0.1, -0.05) is 57.1 Å². The molecular formula is C23H26N2O4. The number of hydrogen-bond acceptors (Lipinski definition) is 4. The molecule has 29 heavy (non-hydrogen) atoms. The van der Waals surface area contributed by atoms with E-state index in [1.165, 1.54) is 17.7 Å². The van der Waals surface area contributed by atoms with Crippen LogP contribution >= 0.6 is 0 Å². The van der Waals surface area contributed by atoms with Gasteiger partial charge in [0.25, 0.3) is 5.91 Å². The van der Waals surface area contributed by atoms with E-state index in [4.69, 9.17) is 0 Å². The number of nitrogens with zero attached hydrogens (tertiary/aromatic N) is 1. The van der Waals surface area contributed by atoms with Gasteiger partial charge < -0.3 is 15.6 Å². The lowest BCUT2D eigenvalue weighted by molar-refractivity contribution is -0.110. The van der Waals surface area contributed by atoms with Crippen molar-refractivity contribution in [2.45, 2.75) is 51.4 Å². The molecule has 0 saturated heterocycles. The minimum atomic E-state index is -1.15. The van der Waals surface area contributed by atoms with Gasteiger partial charge in [-0.25, -0.2) is 4.79 Å². The second-order valence-corrected chi connectivity index (χ2v) is 8.78. The number of amides is 1. The van der Waals surface area contributed by atoms with Crippen LogP contribution in [0.1, 0.15) is 67.6 Å². The lowest BCUT2D eigenvalue weighted by Crippen LogP contribution is -2.34. The summed E-state index contributed by atoms with van der Waals surface area (Å²) >= 11 is 0. The number of carbonyl (C=O) groups excluding carboxylic acids is 1. The number of carboxylic acid groups (broad SMARTS) is 1. The van der Waals surface area contributed by atoms with Crippen molar-refractivity contribution in [3.63, 3.8) is 0 Å². The predicted molar refractivity (Wildman–Crippen MR) is 112 cm³/mol. The van der Waals surface area contributed by atoms with Crippen molar-refractivity contribution in [1.29, 1.82) is 0 Å². The zero-order chi connectivity index (χ0) is 21.4. The summed E-state index contributed by atoms with van der Waals surface area (Å²) in [6, 6.07) is 11.8. The first-order valence-corrected chi connectivity index (χ1v) is 9.58. The third-order valence-electron chi connectivity index (χ3n) is 5.85. The van der Waals surface area contributed by atoms with Crippen molar-refractivity contribution >= 4 is 23.3 Å². The van der Waals surface area contributed by atoms with Gasteiger partial charge in [-0.2, -0.15) is 0 Å². The molecule has 0 atom stereocenters. The fourth-order valence-electron chi connectivity index (χ4n) is 3.93. The highest BCUT2D eigenvalue weighted by Crippen LogP contribution is 2.45. The molecule has 0 saturated carbocycles. The number of aromatic carboxylic acids is 1. The summed E-state index contributed by atoms with van der Waals surface area (Å²) in [6.07, 6.45) is 2.08. The van der Waals surface area contributed by atoms with Crippen molar-refractivity contribution in [1.82, 2.24) is 0 Å². The minimum absolute atomic E-state index is 0.0303. The Balaban J connectivity index is 1.98. The molecule has 1 aliphatic carbocycles. The molecule has 0 heterocycles. The molecule has 0 fully saturated rings. The molecule has 6 nitrogen and oxygen atoms in total. The molecule has 3 N–H and O–H groups in total. The normalized spacial score (nSPS) is 17.3. The first kappa shape index (κ1) is 20.6. The van der Waals surface area contributed by atoms with E-state index < -0.39 is 11.9 Å². The van der Waals surface area contributed by atoms with Crippen LogP contribution in [-0.4, -0.2) is 27.9 Å². The van der Waals surface area contributed by atoms with Crippen LogP contribution in [0, 0.1) is 0 Å². The van der Waals surface area contributed by atoms with Crippen LogP contribution in [0.4, 0.5) is 5.69 Å². The first-order valence-electron chi connectivity index (χ1n) is 9.58. The van der Waals surface area contributed by atoms with Gasteiger partial charge >= 0.3 is 5.97 Å². The number of para-hydroxylation sites is 1. The summed E-state index contributed by atoms with van der Waals surface area (Å²) in [5, 5.41) is 24.6. The molecule has 2 aromatic carbocycles. The number of fused-ring (bicyclic) bond motifs is 1. The molecule has 2 aromatic rings. The summed E-state index contributed by atoms with van der Waals surface area (Å²) in [6.45, 7) is 8.75. The van der Waals surface area contributed by atoms with Gasteiger partial charge in [0.2, 0.25) is 0 Å². The van der Waals surface area contributed by atoms with E-state index in [9.17, 15) is 19.9 Å². The van der Waals surface area contributed by atoms with Crippen LogP contribution in [0.3, 0.4) is 0 Å². The Hall–Kier alpha value is -3.15. The Morgan fingerprint density at radius 2 is 1.59 bits per heavy atom. The fourth-order valence-corrected chi connectivity index (χ4v) is 3.93. The number of rotatable bonds is 4. The van der Waals surface area contributed by atoms with E-state index in [0.29, 0.717) is 5.56 Å². The molecule has 6 heteroatoms. The standard InChI is InChI=1S/C23H26N2O4/c1-22(2)11-12-23(3,4)17-13-14(9-10-16(17)22)19(25-29)20(26)24-18-8-6-5-7-15(18)21(27)28/h5-10,13,29H,11-12H2,1-4H3,(H,24,26)(H,27,28). The Morgan fingerprint density at radius 1 is 0.966 bits per heavy atom. The van der Waals surface area contributed by atoms with Crippen LogP contribution in [0.15, 0.2) is 47.6 Å². The van der Waals surface area contributed by atoms with E-state index in [2.05, 4.69) is 38.2 Å². The SMILES string of the molecule is CC1(C)CCC(C)(C)c2cc(C(=NO)C(=O)Nc3ccccc3C(=O)O)ccc21. The van der Waals surface area contributed by atoms with Crippen LogP contribution in [-0.2, 0) is 15.6 Å². The number of hydrogen-bond donors (Lipinski definition) is 3. The first-order chi connectivity index (χ1) is 13.6. The smallest absolute Gasteiger partial charge is 0.337 e. The average Bonchev–Trinajstić information content (AvgIpc) is 2.66. The molecule has 3 rings (SSSR count). The molecule has 1 aliphatic rings. The Morgan fingerprint density at radius 3 is 2.21 bits per heavy atom. The predicted octanol–water partition coefficient (Wildman–Crippen LogP) is 4.55. The minimum Gasteiger partial charge on any atom is -0.478 e. The fraction of sp³-hybridized carbons (Fsp3) is 0.348. The molecule has 0 radical (unpaired) electrons. The largest absolute Gasteiger partial charge is 0.478 e. The number of carbonyl (C=O) groups is 2. The number of nitrogens with one attached hydrogen (secondary N) is 1. The molecule has 152 valence electrons. The van der Waals surface area contributed by atoms with Crippen LogP contribution in [0.5, 0.6) is 0 Å². The molecule has 0 bridgehead atoms.